The lowest BCUT2D eigenvalue weighted by Gasteiger charge is -2.19. The highest BCUT2D eigenvalue weighted by molar-refractivity contribution is 6.04. The minimum Gasteiger partial charge on any atom is -0.340 e. The number of aryl methyl sites for hydroxylation is 2. The van der Waals surface area contributed by atoms with E-state index >= 15 is 0 Å². The molecule has 2 heterocycles. The van der Waals surface area contributed by atoms with Crippen LogP contribution in [0.1, 0.15) is 39.5 Å². The first-order valence-electron chi connectivity index (χ1n) is 16.4. The van der Waals surface area contributed by atoms with Crippen LogP contribution in [0.2, 0.25) is 0 Å². The Balaban J connectivity index is 1.56. The molecule has 0 bridgehead atoms. The van der Waals surface area contributed by atoms with Gasteiger partial charge in [-0.2, -0.15) is 0 Å². The van der Waals surface area contributed by atoms with E-state index in [1.165, 1.54) is 24.3 Å². The zero-order valence-electron chi connectivity index (χ0n) is 27.1. The van der Waals surface area contributed by atoms with Crippen LogP contribution in [0.4, 0.5) is 26.3 Å². The van der Waals surface area contributed by atoms with Gasteiger partial charge in [0.2, 0.25) is 0 Å². The summed E-state index contributed by atoms with van der Waals surface area (Å²) in [7, 11) is 0. The number of hydrogen-bond donors (Lipinski definition) is 0. The number of halogens is 6. The van der Waals surface area contributed by atoms with Gasteiger partial charge in [0.05, 0.1) is 33.2 Å². The molecule has 7 rings (SSSR count). The van der Waals surface area contributed by atoms with Gasteiger partial charge in [-0.25, -0.2) is 26.3 Å². The molecule has 0 spiro atoms. The smallest absolute Gasteiger partial charge is 0.197 e. The highest BCUT2D eigenvalue weighted by Crippen LogP contribution is 2.34. The second-order valence-electron chi connectivity index (χ2n) is 12.5. The third-order valence-electron chi connectivity index (χ3n) is 9.31. The van der Waals surface area contributed by atoms with Gasteiger partial charge in [-0.3, -0.25) is 9.59 Å². The van der Waals surface area contributed by atoms with Crippen molar-refractivity contribution in [3.63, 3.8) is 0 Å². The van der Waals surface area contributed by atoms with Crippen molar-refractivity contribution >= 4 is 43.6 Å². The molecule has 0 atom stereocenters. The molecule has 0 unspecified atom stereocenters. The topological polar surface area (TPSA) is 44.0 Å². The Hall–Kier alpha value is -5.38. The van der Waals surface area contributed by atoms with Crippen LogP contribution in [-0.2, 0) is 13.1 Å². The average molecular weight is 685 g/mol. The van der Waals surface area contributed by atoms with Crippen LogP contribution >= 0.6 is 0 Å². The monoisotopic (exact) mass is 684 g/mol. The van der Waals surface area contributed by atoms with E-state index in [2.05, 4.69) is 0 Å². The first-order valence-corrected chi connectivity index (χ1v) is 16.4. The quantitative estimate of drug-likeness (QED) is 0.118. The first kappa shape index (κ1) is 33.1. The predicted octanol–water partition coefficient (Wildman–Crippen LogP) is 10.4. The summed E-state index contributed by atoms with van der Waals surface area (Å²) < 4.78 is 90.4. The van der Waals surface area contributed by atoms with Gasteiger partial charge in [0.1, 0.15) is 34.9 Å². The molecule has 7 aromatic rings. The number of nitrogens with zero attached hydrogens (tertiary/aromatic N) is 2. The Bertz CT molecular complexity index is 2420. The van der Waals surface area contributed by atoms with Crippen molar-refractivity contribution in [3.8, 4) is 22.3 Å². The summed E-state index contributed by atoms with van der Waals surface area (Å²) in [5.41, 5.74) is 0.323. The SMILES string of the molecule is CCCCn1c2ccc(-c3c(F)cc(F)cc3F)cc2c(=O)c2cc3c(cc21)c(=O)c1cc(-c2c(F)cc(F)cc2F)ccc1n3CCCC. The first-order chi connectivity index (χ1) is 24.0. The van der Waals surface area contributed by atoms with Crippen molar-refractivity contribution in [3.05, 3.63) is 128 Å². The largest absolute Gasteiger partial charge is 0.340 e. The van der Waals surface area contributed by atoms with Gasteiger partial charge in [-0.15, -0.1) is 0 Å². The molecule has 50 heavy (non-hydrogen) atoms. The molecule has 0 fully saturated rings. The van der Waals surface area contributed by atoms with E-state index < -0.39 is 56.9 Å². The van der Waals surface area contributed by atoms with E-state index in [1.807, 2.05) is 23.0 Å². The fourth-order valence-electron chi connectivity index (χ4n) is 6.90. The van der Waals surface area contributed by atoms with Crippen LogP contribution in [0.3, 0.4) is 0 Å². The third kappa shape index (κ3) is 5.43. The standard InChI is InChI=1S/C40H30F6N2O2/c1-3-5-11-47-33-9-7-21(37-29(43)15-23(41)16-30(37)44)13-25(33)39(49)27-20-36-28(19-35(27)47)40(50)26-14-22(8-10-34(26)48(36)12-6-4-2)38-31(45)17-24(42)18-32(38)46/h7-10,13-20H,3-6,11-12H2,1-2H3. The summed E-state index contributed by atoms with van der Waals surface area (Å²) in [6.45, 7) is 4.92. The van der Waals surface area contributed by atoms with Crippen molar-refractivity contribution < 1.29 is 26.3 Å². The molecule has 0 aliphatic heterocycles. The highest BCUT2D eigenvalue weighted by Gasteiger charge is 2.21. The summed E-state index contributed by atoms with van der Waals surface area (Å²) in [6, 6.07) is 14.6. The van der Waals surface area contributed by atoms with Crippen LogP contribution < -0.4 is 10.9 Å². The molecular weight excluding hydrogens is 654 g/mol. The molecule has 5 aromatic carbocycles. The highest BCUT2D eigenvalue weighted by atomic mass is 19.2. The molecule has 254 valence electrons. The molecule has 0 aliphatic carbocycles. The Labute approximate surface area is 281 Å². The molecule has 0 N–H and O–H groups in total. The number of fused-ring (bicyclic) bond motifs is 4. The minimum absolute atomic E-state index is 0.0717. The molecular formula is C40H30F6N2O2. The maximum atomic E-state index is 14.8. The number of unbranched alkanes of at least 4 members (excludes halogenated alkanes) is 2. The third-order valence-corrected chi connectivity index (χ3v) is 9.31. The lowest BCUT2D eigenvalue weighted by atomic mass is 9.98. The maximum absolute atomic E-state index is 14.8. The zero-order chi connectivity index (χ0) is 35.4. The van der Waals surface area contributed by atoms with E-state index in [4.69, 9.17) is 0 Å². The van der Waals surface area contributed by atoms with Crippen molar-refractivity contribution in [2.45, 2.75) is 52.6 Å². The number of rotatable bonds is 8. The van der Waals surface area contributed by atoms with Crippen LogP contribution in [0.15, 0.2) is 82.4 Å². The molecule has 0 radical (unpaired) electrons. The summed E-state index contributed by atoms with van der Waals surface area (Å²) in [6.07, 6.45) is 3.04. The minimum atomic E-state index is -1.10. The summed E-state index contributed by atoms with van der Waals surface area (Å²) in [5, 5.41) is 0.971. The summed E-state index contributed by atoms with van der Waals surface area (Å²) in [4.78, 5) is 28.6. The van der Waals surface area contributed by atoms with E-state index in [0.717, 1.165) is 12.8 Å². The van der Waals surface area contributed by atoms with E-state index in [-0.39, 0.29) is 32.7 Å². The van der Waals surface area contributed by atoms with Crippen LogP contribution in [0.25, 0.3) is 65.9 Å². The van der Waals surface area contributed by atoms with Gasteiger partial charge in [0.25, 0.3) is 0 Å². The van der Waals surface area contributed by atoms with Gasteiger partial charge in [0.15, 0.2) is 10.9 Å². The summed E-state index contributed by atoms with van der Waals surface area (Å²) >= 11 is 0. The normalized spacial score (nSPS) is 11.8. The van der Waals surface area contributed by atoms with Crippen LogP contribution in [-0.4, -0.2) is 9.13 Å². The maximum Gasteiger partial charge on any atom is 0.197 e. The second-order valence-corrected chi connectivity index (χ2v) is 12.5. The fraction of sp³-hybridized carbons (Fsp3) is 0.200. The van der Waals surface area contributed by atoms with Gasteiger partial charge < -0.3 is 9.13 Å². The average Bonchev–Trinajstić information content (AvgIpc) is 3.07. The van der Waals surface area contributed by atoms with Crippen LogP contribution in [0.5, 0.6) is 0 Å². The van der Waals surface area contributed by atoms with Gasteiger partial charge in [0, 0.05) is 58.9 Å². The lowest BCUT2D eigenvalue weighted by molar-refractivity contribution is 0.547. The Morgan fingerprint density at radius 1 is 0.460 bits per heavy atom. The Morgan fingerprint density at radius 3 is 1.14 bits per heavy atom. The van der Waals surface area contributed by atoms with Crippen molar-refractivity contribution in [1.29, 1.82) is 0 Å². The molecule has 0 saturated carbocycles. The summed E-state index contributed by atoms with van der Waals surface area (Å²) in [5.74, 6) is -6.51. The van der Waals surface area contributed by atoms with Gasteiger partial charge >= 0.3 is 0 Å². The fourth-order valence-corrected chi connectivity index (χ4v) is 6.90. The number of aromatic nitrogens is 2. The van der Waals surface area contributed by atoms with E-state index in [0.29, 0.717) is 72.3 Å². The second kappa shape index (κ2) is 12.8. The van der Waals surface area contributed by atoms with Crippen LogP contribution in [0, 0.1) is 34.9 Å². The van der Waals surface area contributed by atoms with Gasteiger partial charge in [-0.1, -0.05) is 38.8 Å². The zero-order valence-corrected chi connectivity index (χ0v) is 27.1. The van der Waals surface area contributed by atoms with Crippen molar-refractivity contribution in [2.75, 3.05) is 0 Å². The molecule has 0 saturated heterocycles. The van der Waals surface area contributed by atoms with Gasteiger partial charge in [-0.05, 0) is 60.4 Å². The number of pyridine rings is 2. The molecule has 4 nitrogen and oxygen atoms in total. The van der Waals surface area contributed by atoms with Crippen molar-refractivity contribution in [1.82, 2.24) is 9.13 Å². The predicted molar refractivity (Wildman–Crippen MR) is 185 cm³/mol. The van der Waals surface area contributed by atoms with E-state index in [1.54, 1.807) is 24.3 Å². The van der Waals surface area contributed by atoms with E-state index in [9.17, 15) is 35.9 Å². The molecule has 2 aromatic heterocycles. The molecule has 10 heteroatoms. The Kier molecular flexibility index (Phi) is 8.49. The lowest BCUT2D eigenvalue weighted by Crippen LogP contribution is -2.16. The molecule has 0 amide bonds. The number of benzene rings is 5. The van der Waals surface area contributed by atoms with Crippen molar-refractivity contribution in [2.24, 2.45) is 0 Å². The number of hydrogen-bond acceptors (Lipinski definition) is 2. The Morgan fingerprint density at radius 2 is 0.800 bits per heavy atom. The molecule has 0 aliphatic rings.